The lowest BCUT2D eigenvalue weighted by Gasteiger charge is -2.03. The Morgan fingerprint density at radius 3 is 2.87 bits per heavy atom. The first-order valence-corrected chi connectivity index (χ1v) is 6.50. The molecule has 1 rings (SSSR count). The topological polar surface area (TPSA) is 84.2 Å². The van der Waals surface area contributed by atoms with E-state index in [9.17, 15) is 8.42 Å². The molecule has 15 heavy (non-hydrogen) atoms. The molecule has 7 heteroatoms. The quantitative estimate of drug-likeness (QED) is 0.632. The van der Waals surface area contributed by atoms with Gasteiger partial charge in [0, 0.05) is 6.54 Å². The SMILES string of the molecule is CS(=O)(=O)NCCCNCc1cnco1. The normalized spacial score (nSPS) is 11.8. The number of nitrogens with zero attached hydrogens (tertiary/aromatic N) is 1. The summed E-state index contributed by atoms with van der Waals surface area (Å²) in [5.74, 6) is 0.770. The summed E-state index contributed by atoms with van der Waals surface area (Å²) in [6.45, 7) is 1.78. The third kappa shape index (κ3) is 6.21. The predicted octanol–water partition coefficient (Wildman–Crippen LogP) is -0.296. The van der Waals surface area contributed by atoms with E-state index in [2.05, 4.69) is 15.0 Å². The Morgan fingerprint density at radius 1 is 1.47 bits per heavy atom. The molecule has 1 heterocycles. The third-order valence-corrected chi connectivity index (χ3v) is 2.41. The standard InChI is InChI=1S/C8H15N3O3S/c1-15(12,13)11-4-2-3-9-5-8-6-10-7-14-8/h6-7,9,11H,2-5H2,1H3. The van der Waals surface area contributed by atoms with Gasteiger partial charge in [-0.15, -0.1) is 0 Å². The Morgan fingerprint density at radius 2 is 2.27 bits per heavy atom. The molecule has 1 aromatic rings. The first kappa shape index (κ1) is 12.2. The van der Waals surface area contributed by atoms with Crippen LogP contribution in [0.4, 0.5) is 0 Å². The van der Waals surface area contributed by atoms with Crippen molar-refractivity contribution in [1.82, 2.24) is 15.0 Å². The van der Waals surface area contributed by atoms with Crippen molar-refractivity contribution < 1.29 is 12.8 Å². The summed E-state index contributed by atoms with van der Waals surface area (Å²) in [6, 6.07) is 0. The fraction of sp³-hybridized carbons (Fsp3) is 0.625. The summed E-state index contributed by atoms with van der Waals surface area (Å²) >= 11 is 0. The Labute approximate surface area is 89.1 Å². The van der Waals surface area contributed by atoms with E-state index >= 15 is 0 Å². The van der Waals surface area contributed by atoms with Crippen LogP contribution in [0.25, 0.3) is 0 Å². The molecule has 1 aromatic heterocycles. The van der Waals surface area contributed by atoms with Gasteiger partial charge in [-0.25, -0.2) is 18.1 Å². The Balaban J connectivity index is 1.99. The molecule has 0 aromatic carbocycles. The van der Waals surface area contributed by atoms with Gasteiger partial charge in [0.1, 0.15) is 5.76 Å². The average molecular weight is 233 g/mol. The van der Waals surface area contributed by atoms with Crippen molar-refractivity contribution >= 4 is 10.0 Å². The summed E-state index contributed by atoms with van der Waals surface area (Å²) in [4.78, 5) is 3.77. The summed E-state index contributed by atoms with van der Waals surface area (Å²) in [5.41, 5.74) is 0. The Bertz CT molecular complexity index is 360. The zero-order valence-electron chi connectivity index (χ0n) is 8.56. The molecule has 0 saturated heterocycles. The molecule has 0 unspecified atom stereocenters. The van der Waals surface area contributed by atoms with Crippen LogP contribution in [0.15, 0.2) is 17.0 Å². The number of oxazole rings is 1. The first-order chi connectivity index (χ1) is 7.08. The van der Waals surface area contributed by atoms with Crippen molar-refractivity contribution in [2.24, 2.45) is 0 Å². The number of sulfonamides is 1. The molecule has 0 atom stereocenters. The Kier molecular flexibility index (Phi) is 4.73. The van der Waals surface area contributed by atoms with E-state index in [1.165, 1.54) is 6.39 Å². The summed E-state index contributed by atoms with van der Waals surface area (Å²) in [6.07, 6.45) is 4.90. The van der Waals surface area contributed by atoms with Gasteiger partial charge in [0.15, 0.2) is 6.39 Å². The van der Waals surface area contributed by atoms with Crippen LogP contribution in [0.2, 0.25) is 0 Å². The molecule has 2 N–H and O–H groups in total. The maximum absolute atomic E-state index is 10.7. The predicted molar refractivity (Wildman–Crippen MR) is 55.7 cm³/mol. The van der Waals surface area contributed by atoms with E-state index in [0.29, 0.717) is 13.1 Å². The zero-order valence-corrected chi connectivity index (χ0v) is 9.38. The molecule has 0 aliphatic carbocycles. The smallest absolute Gasteiger partial charge is 0.208 e. The number of aromatic nitrogens is 1. The van der Waals surface area contributed by atoms with Crippen LogP contribution in [0, 0.1) is 0 Å². The van der Waals surface area contributed by atoms with Crippen LogP contribution in [-0.4, -0.2) is 32.7 Å². The minimum atomic E-state index is -3.06. The molecule has 0 radical (unpaired) electrons. The maximum Gasteiger partial charge on any atom is 0.208 e. The number of hydrogen-bond donors (Lipinski definition) is 2. The van der Waals surface area contributed by atoms with Crippen molar-refractivity contribution in [1.29, 1.82) is 0 Å². The number of rotatable bonds is 7. The fourth-order valence-electron chi connectivity index (χ4n) is 1.01. The van der Waals surface area contributed by atoms with Gasteiger partial charge in [-0.2, -0.15) is 0 Å². The molecule has 0 bridgehead atoms. The maximum atomic E-state index is 10.7. The molecule has 86 valence electrons. The fourth-order valence-corrected chi connectivity index (χ4v) is 1.53. The van der Waals surface area contributed by atoms with Crippen molar-refractivity contribution in [2.75, 3.05) is 19.3 Å². The van der Waals surface area contributed by atoms with Crippen molar-refractivity contribution in [2.45, 2.75) is 13.0 Å². The molecule has 0 fully saturated rings. The van der Waals surface area contributed by atoms with Gasteiger partial charge in [0.05, 0.1) is 19.0 Å². The van der Waals surface area contributed by atoms with Crippen molar-refractivity contribution in [3.63, 3.8) is 0 Å². The second-order valence-electron chi connectivity index (χ2n) is 3.16. The van der Waals surface area contributed by atoms with E-state index < -0.39 is 10.0 Å². The van der Waals surface area contributed by atoms with Crippen LogP contribution in [0.3, 0.4) is 0 Å². The molecule has 0 aliphatic rings. The monoisotopic (exact) mass is 233 g/mol. The second-order valence-corrected chi connectivity index (χ2v) is 5.00. The molecular formula is C8H15N3O3S. The largest absolute Gasteiger partial charge is 0.447 e. The lowest BCUT2D eigenvalue weighted by atomic mass is 10.4. The molecule has 0 spiro atoms. The summed E-state index contributed by atoms with van der Waals surface area (Å²) in [5, 5.41) is 3.11. The van der Waals surface area contributed by atoms with Gasteiger partial charge in [0.2, 0.25) is 10.0 Å². The highest BCUT2D eigenvalue weighted by Gasteiger charge is 1.99. The third-order valence-electron chi connectivity index (χ3n) is 1.68. The Hall–Kier alpha value is -0.920. The minimum absolute atomic E-state index is 0.447. The van der Waals surface area contributed by atoms with Crippen LogP contribution >= 0.6 is 0 Å². The van der Waals surface area contributed by atoms with Gasteiger partial charge < -0.3 is 9.73 Å². The van der Waals surface area contributed by atoms with Gasteiger partial charge in [0.25, 0.3) is 0 Å². The highest BCUT2D eigenvalue weighted by Crippen LogP contribution is 1.94. The first-order valence-electron chi connectivity index (χ1n) is 4.60. The lowest BCUT2D eigenvalue weighted by Crippen LogP contribution is -2.26. The zero-order chi connectivity index (χ0) is 11.1. The average Bonchev–Trinajstić information content (AvgIpc) is 2.61. The van der Waals surface area contributed by atoms with Gasteiger partial charge in [-0.1, -0.05) is 0 Å². The summed E-state index contributed by atoms with van der Waals surface area (Å²) in [7, 11) is -3.06. The summed E-state index contributed by atoms with van der Waals surface area (Å²) < 4.78 is 28.8. The second kappa shape index (κ2) is 5.84. The van der Waals surface area contributed by atoms with Crippen LogP contribution in [0.1, 0.15) is 12.2 Å². The van der Waals surface area contributed by atoms with E-state index in [1.807, 2.05) is 0 Å². The van der Waals surface area contributed by atoms with Gasteiger partial charge in [-0.3, -0.25) is 0 Å². The lowest BCUT2D eigenvalue weighted by molar-refractivity contribution is 0.477. The van der Waals surface area contributed by atoms with E-state index in [1.54, 1.807) is 6.20 Å². The van der Waals surface area contributed by atoms with Crippen LogP contribution in [-0.2, 0) is 16.6 Å². The number of hydrogen-bond acceptors (Lipinski definition) is 5. The molecule has 6 nitrogen and oxygen atoms in total. The molecule has 0 saturated carbocycles. The molecular weight excluding hydrogens is 218 g/mol. The van der Waals surface area contributed by atoms with Crippen molar-refractivity contribution in [3.8, 4) is 0 Å². The van der Waals surface area contributed by atoms with Crippen molar-refractivity contribution in [3.05, 3.63) is 18.4 Å². The van der Waals surface area contributed by atoms with Crippen LogP contribution < -0.4 is 10.0 Å². The number of nitrogens with one attached hydrogen (secondary N) is 2. The molecule has 0 amide bonds. The minimum Gasteiger partial charge on any atom is -0.447 e. The highest BCUT2D eigenvalue weighted by atomic mass is 32.2. The van der Waals surface area contributed by atoms with E-state index in [0.717, 1.165) is 25.0 Å². The van der Waals surface area contributed by atoms with Crippen LogP contribution in [0.5, 0.6) is 0 Å². The van der Waals surface area contributed by atoms with E-state index in [-0.39, 0.29) is 0 Å². The van der Waals surface area contributed by atoms with Gasteiger partial charge in [-0.05, 0) is 13.0 Å². The van der Waals surface area contributed by atoms with E-state index in [4.69, 9.17) is 4.42 Å². The highest BCUT2D eigenvalue weighted by molar-refractivity contribution is 7.88. The molecule has 0 aliphatic heterocycles. The van der Waals surface area contributed by atoms with Gasteiger partial charge >= 0.3 is 0 Å².